The van der Waals surface area contributed by atoms with E-state index in [0.717, 1.165) is 36.6 Å². The van der Waals surface area contributed by atoms with Crippen LogP contribution in [0, 0.1) is 11.8 Å². The first kappa shape index (κ1) is 17.9. The van der Waals surface area contributed by atoms with E-state index in [0.29, 0.717) is 19.1 Å². The van der Waals surface area contributed by atoms with E-state index >= 15 is 0 Å². The number of rotatable bonds is 4. The Labute approximate surface area is 143 Å². The quantitative estimate of drug-likeness (QED) is 0.883. The number of ether oxygens (including phenoxy) is 2. The van der Waals surface area contributed by atoms with Crippen LogP contribution in [0.15, 0.2) is 18.2 Å². The van der Waals surface area contributed by atoms with Gasteiger partial charge in [0.2, 0.25) is 5.91 Å². The first-order valence-corrected chi connectivity index (χ1v) is 8.06. The third-order valence-electron chi connectivity index (χ3n) is 4.32. The number of hydrogen-bond acceptors (Lipinski definition) is 4. The molecule has 0 aromatic heterocycles. The van der Waals surface area contributed by atoms with Crippen LogP contribution in [0.1, 0.15) is 31.9 Å². The number of carbonyl (C=O) groups excluding carboxylic acids is 1. The molecule has 2 aliphatic heterocycles. The number of benzene rings is 1. The zero-order chi connectivity index (χ0) is 15.5. The fraction of sp³-hybridized carbons (Fsp3) is 0.588. The van der Waals surface area contributed by atoms with E-state index in [-0.39, 0.29) is 30.3 Å². The third kappa shape index (κ3) is 4.09. The molecule has 3 rings (SSSR count). The molecule has 0 radical (unpaired) electrons. The summed E-state index contributed by atoms with van der Waals surface area (Å²) in [7, 11) is 0. The lowest BCUT2D eigenvalue weighted by Gasteiger charge is -2.26. The summed E-state index contributed by atoms with van der Waals surface area (Å²) >= 11 is 0. The zero-order valence-electron chi connectivity index (χ0n) is 13.6. The van der Waals surface area contributed by atoms with Crippen LogP contribution in [-0.2, 0) is 4.79 Å². The molecule has 2 unspecified atom stereocenters. The van der Waals surface area contributed by atoms with Crippen LogP contribution in [0.25, 0.3) is 0 Å². The van der Waals surface area contributed by atoms with Crippen LogP contribution in [0.4, 0.5) is 0 Å². The fourth-order valence-electron chi connectivity index (χ4n) is 3.04. The number of nitrogens with one attached hydrogen (secondary N) is 2. The molecule has 1 aromatic rings. The van der Waals surface area contributed by atoms with Crippen LogP contribution >= 0.6 is 12.4 Å². The van der Waals surface area contributed by atoms with Crippen molar-refractivity contribution in [1.29, 1.82) is 0 Å². The van der Waals surface area contributed by atoms with Crippen molar-refractivity contribution < 1.29 is 14.3 Å². The van der Waals surface area contributed by atoms with Gasteiger partial charge in [-0.05, 0) is 36.6 Å². The SMILES string of the molecule is CC(C)C(NC(=O)C1CCNC1)c1ccc2c(c1)OCCO2.Cl. The molecule has 6 heteroatoms. The molecule has 0 bridgehead atoms. The molecule has 1 fully saturated rings. The van der Waals surface area contributed by atoms with E-state index in [4.69, 9.17) is 9.47 Å². The summed E-state index contributed by atoms with van der Waals surface area (Å²) in [5.74, 6) is 2.08. The van der Waals surface area contributed by atoms with Gasteiger partial charge in [-0.1, -0.05) is 19.9 Å². The molecule has 0 saturated carbocycles. The normalized spacial score (nSPS) is 20.7. The van der Waals surface area contributed by atoms with Crippen LogP contribution in [0.5, 0.6) is 11.5 Å². The molecule has 0 spiro atoms. The number of fused-ring (bicyclic) bond motifs is 1. The van der Waals surface area contributed by atoms with E-state index in [1.54, 1.807) is 0 Å². The summed E-state index contributed by atoms with van der Waals surface area (Å²) in [6.45, 7) is 7.10. The Hall–Kier alpha value is -1.46. The van der Waals surface area contributed by atoms with Crippen molar-refractivity contribution in [1.82, 2.24) is 10.6 Å². The Morgan fingerprint density at radius 2 is 2.00 bits per heavy atom. The van der Waals surface area contributed by atoms with Crippen LogP contribution < -0.4 is 20.1 Å². The summed E-state index contributed by atoms with van der Waals surface area (Å²) < 4.78 is 11.2. The standard InChI is InChI=1S/C17H24N2O3.ClH/c1-11(2)16(19-17(20)13-5-6-18-10-13)12-3-4-14-15(9-12)22-8-7-21-14;/h3-4,9,11,13,16,18H,5-8,10H2,1-2H3,(H,19,20);1H. The minimum atomic E-state index is -0.0103. The maximum absolute atomic E-state index is 12.4. The summed E-state index contributed by atoms with van der Waals surface area (Å²) in [6.07, 6.45) is 0.914. The van der Waals surface area contributed by atoms with Gasteiger partial charge in [0, 0.05) is 6.54 Å². The zero-order valence-corrected chi connectivity index (χ0v) is 14.4. The first-order valence-electron chi connectivity index (χ1n) is 8.06. The molecule has 128 valence electrons. The molecule has 1 aromatic carbocycles. The summed E-state index contributed by atoms with van der Waals surface area (Å²) in [5, 5.41) is 6.45. The number of hydrogen-bond donors (Lipinski definition) is 2. The van der Waals surface area contributed by atoms with Gasteiger partial charge in [-0.2, -0.15) is 0 Å². The second kappa shape index (κ2) is 7.88. The van der Waals surface area contributed by atoms with Crippen LogP contribution in [-0.4, -0.2) is 32.2 Å². The van der Waals surface area contributed by atoms with Crippen molar-refractivity contribution in [2.75, 3.05) is 26.3 Å². The van der Waals surface area contributed by atoms with E-state index in [2.05, 4.69) is 24.5 Å². The summed E-state index contributed by atoms with van der Waals surface area (Å²) in [5.41, 5.74) is 1.07. The van der Waals surface area contributed by atoms with Gasteiger partial charge in [0.1, 0.15) is 13.2 Å². The fourth-order valence-corrected chi connectivity index (χ4v) is 3.04. The van der Waals surface area contributed by atoms with E-state index < -0.39 is 0 Å². The molecule has 2 aliphatic rings. The monoisotopic (exact) mass is 340 g/mol. The molecular formula is C17H25ClN2O3. The number of amides is 1. The molecule has 1 saturated heterocycles. The average Bonchev–Trinajstić information content (AvgIpc) is 3.06. The number of halogens is 1. The average molecular weight is 341 g/mol. The highest BCUT2D eigenvalue weighted by Gasteiger charge is 2.27. The predicted molar refractivity (Wildman–Crippen MR) is 91.4 cm³/mol. The minimum Gasteiger partial charge on any atom is -0.486 e. The van der Waals surface area contributed by atoms with Crippen LogP contribution in [0.2, 0.25) is 0 Å². The van der Waals surface area contributed by atoms with Gasteiger partial charge in [-0.25, -0.2) is 0 Å². The van der Waals surface area contributed by atoms with Crippen molar-refractivity contribution in [3.05, 3.63) is 23.8 Å². The number of carbonyl (C=O) groups is 1. The van der Waals surface area contributed by atoms with Crippen molar-refractivity contribution in [2.45, 2.75) is 26.3 Å². The second-order valence-corrected chi connectivity index (χ2v) is 6.32. The van der Waals surface area contributed by atoms with Gasteiger partial charge in [-0.3, -0.25) is 4.79 Å². The summed E-state index contributed by atoms with van der Waals surface area (Å²) in [6, 6.07) is 5.93. The smallest absolute Gasteiger partial charge is 0.224 e. The molecule has 1 amide bonds. The Balaban J connectivity index is 0.00000192. The van der Waals surface area contributed by atoms with Crippen LogP contribution in [0.3, 0.4) is 0 Å². The topological polar surface area (TPSA) is 59.6 Å². The summed E-state index contributed by atoms with van der Waals surface area (Å²) in [4.78, 5) is 12.4. The molecule has 2 atom stereocenters. The lowest BCUT2D eigenvalue weighted by molar-refractivity contribution is -0.125. The molecule has 2 N–H and O–H groups in total. The highest BCUT2D eigenvalue weighted by atomic mass is 35.5. The molecular weight excluding hydrogens is 316 g/mol. The van der Waals surface area contributed by atoms with Gasteiger partial charge in [0.05, 0.1) is 12.0 Å². The van der Waals surface area contributed by atoms with E-state index in [1.165, 1.54) is 0 Å². The lowest BCUT2D eigenvalue weighted by atomic mass is 9.94. The highest BCUT2D eigenvalue weighted by Crippen LogP contribution is 2.34. The first-order chi connectivity index (χ1) is 10.6. The Morgan fingerprint density at radius 1 is 1.26 bits per heavy atom. The van der Waals surface area contributed by atoms with Gasteiger partial charge >= 0.3 is 0 Å². The van der Waals surface area contributed by atoms with Crippen molar-refractivity contribution >= 4 is 18.3 Å². The minimum absolute atomic E-state index is 0. The van der Waals surface area contributed by atoms with Gasteiger partial charge in [-0.15, -0.1) is 12.4 Å². The second-order valence-electron chi connectivity index (χ2n) is 6.32. The van der Waals surface area contributed by atoms with Crippen molar-refractivity contribution in [3.8, 4) is 11.5 Å². The van der Waals surface area contributed by atoms with Gasteiger partial charge in [0.15, 0.2) is 11.5 Å². The Kier molecular flexibility index (Phi) is 6.13. The molecule has 2 heterocycles. The lowest BCUT2D eigenvalue weighted by Crippen LogP contribution is -2.37. The van der Waals surface area contributed by atoms with E-state index in [1.807, 2.05) is 18.2 Å². The maximum atomic E-state index is 12.4. The van der Waals surface area contributed by atoms with Crippen molar-refractivity contribution in [3.63, 3.8) is 0 Å². The molecule has 0 aliphatic carbocycles. The Morgan fingerprint density at radius 3 is 2.65 bits per heavy atom. The van der Waals surface area contributed by atoms with Gasteiger partial charge in [0.25, 0.3) is 0 Å². The maximum Gasteiger partial charge on any atom is 0.224 e. The van der Waals surface area contributed by atoms with Gasteiger partial charge < -0.3 is 20.1 Å². The Bertz CT molecular complexity index is 545. The molecule has 5 nitrogen and oxygen atoms in total. The molecule has 23 heavy (non-hydrogen) atoms. The highest BCUT2D eigenvalue weighted by molar-refractivity contribution is 5.85. The third-order valence-corrected chi connectivity index (χ3v) is 4.32. The van der Waals surface area contributed by atoms with Crippen molar-refractivity contribution in [2.24, 2.45) is 11.8 Å². The van der Waals surface area contributed by atoms with E-state index in [9.17, 15) is 4.79 Å². The predicted octanol–water partition coefficient (Wildman–Crippen LogP) is 2.30. The largest absolute Gasteiger partial charge is 0.486 e.